The molecule has 0 aromatic carbocycles. The number of aryl methyl sites for hydroxylation is 1. The normalized spacial score (nSPS) is 20.7. The van der Waals surface area contributed by atoms with Gasteiger partial charge in [-0.2, -0.15) is 0 Å². The van der Waals surface area contributed by atoms with Crippen molar-refractivity contribution in [3.05, 3.63) is 63.0 Å². The quantitative estimate of drug-likeness (QED) is 0.252. The zero-order valence-electron chi connectivity index (χ0n) is 22.4. The van der Waals surface area contributed by atoms with Gasteiger partial charge in [0.05, 0.1) is 16.9 Å². The Labute approximate surface area is 220 Å². The van der Waals surface area contributed by atoms with Crippen LogP contribution in [0.25, 0.3) is 11.6 Å². The molecule has 0 spiro atoms. The van der Waals surface area contributed by atoms with Crippen LogP contribution in [0.1, 0.15) is 75.9 Å². The first-order valence-electron chi connectivity index (χ1n) is 12.7. The minimum atomic E-state index is -0.682. The van der Waals surface area contributed by atoms with Gasteiger partial charge >= 0.3 is 0 Å². The van der Waals surface area contributed by atoms with Crippen LogP contribution in [0.5, 0.6) is 0 Å². The Morgan fingerprint density at radius 2 is 2.06 bits per heavy atom. The van der Waals surface area contributed by atoms with Crippen molar-refractivity contribution >= 4 is 35.9 Å². The Bertz CT molecular complexity index is 1110. The molecule has 3 rings (SSSR count). The molecule has 1 aromatic heterocycles. The fourth-order valence-corrected chi connectivity index (χ4v) is 5.64. The number of aromatic nitrogens is 1. The third-order valence-electron chi connectivity index (χ3n) is 6.40. The van der Waals surface area contributed by atoms with E-state index < -0.39 is 5.60 Å². The summed E-state index contributed by atoms with van der Waals surface area (Å²) in [6.07, 6.45) is 15.1. The van der Waals surface area contributed by atoms with Gasteiger partial charge in [-0.25, -0.2) is 9.98 Å². The Morgan fingerprint density at radius 1 is 1.28 bits per heavy atom. The second kappa shape index (κ2) is 12.5. The molecule has 1 heterocycles. The lowest BCUT2D eigenvalue weighted by molar-refractivity contribution is 0.0192. The maximum absolute atomic E-state index is 10.5. The number of thiazole rings is 1. The first-order chi connectivity index (χ1) is 17.1. The molecule has 6 nitrogen and oxygen atoms in total. The number of nitrogens with one attached hydrogen (secondary N) is 2. The first-order valence-corrected chi connectivity index (χ1v) is 13.5. The highest BCUT2D eigenvalue weighted by atomic mass is 32.1. The average Bonchev–Trinajstić information content (AvgIpc) is 3.44. The summed E-state index contributed by atoms with van der Waals surface area (Å²) in [5.41, 5.74) is 4.35. The SMILES string of the molecule is C=N/C(NC1CCC(C(C)(C)O)C1)=C(\C=N/CN/C(C=C(C)C)=C/C(=C)C)c1nc2c(s1)CCC=C2. The van der Waals surface area contributed by atoms with E-state index in [1.807, 2.05) is 33.1 Å². The Kier molecular flexibility index (Phi) is 9.63. The predicted molar refractivity (Wildman–Crippen MR) is 155 cm³/mol. The van der Waals surface area contributed by atoms with E-state index in [2.05, 4.69) is 61.0 Å². The lowest BCUT2D eigenvalue weighted by Gasteiger charge is -2.25. The van der Waals surface area contributed by atoms with E-state index in [4.69, 9.17) is 9.98 Å². The zero-order valence-corrected chi connectivity index (χ0v) is 23.2. The second-order valence-corrected chi connectivity index (χ2v) is 11.6. The number of hydrogen-bond acceptors (Lipinski definition) is 7. The number of allylic oxidation sites excluding steroid dienone is 6. The van der Waals surface area contributed by atoms with Crippen molar-refractivity contribution < 1.29 is 5.11 Å². The van der Waals surface area contributed by atoms with Crippen LogP contribution < -0.4 is 10.6 Å². The highest BCUT2D eigenvalue weighted by Crippen LogP contribution is 2.35. The number of fused-ring (bicyclic) bond motifs is 1. The van der Waals surface area contributed by atoms with Gasteiger partial charge in [0.25, 0.3) is 0 Å². The lowest BCUT2D eigenvalue weighted by Crippen LogP contribution is -2.32. The summed E-state index contributed by atoms with van der Waals surface area (Å²) in [4.78, 5) is 15.3. The largest absolute Gasteiger partial charge is 0.390 e. The second-order valence-electron chi connectivity index (χ2n) is 10.5. The van der Waals surface area contributed by atoms with Crippen LogP contribution >= 0.6 is 11.3 Å². The molecule has 1 fully saturated rings. The molecule has 0 aliphatic heterocycles. The lowest BCUT2D eigenvalue weighted by atomic mass is 9.89. The van der Waals surface area contributed by atoms with E-state index in [-0.39, 0.29) is 12.0 Å². The van der Waals surface area contributed by atoms with Crippen molar-refractivity contribution in [2.75, 3.05) is 6.67 Å². The fourth-order valence-electron chi connectivity index (χ4n) is 4.57. The van der Waals surface area contributed by atoms with Crippen LogP contribution in [0.3, 0.4) is 0 Å². The minimum absolute atomic E-state index is 0.223. The third kappa shape index (κ3) is 7.87. The third-order valence-corrected chi connectivity index (χ3v) is 7.56. The van der Waals surface area contributed by atoms with Crippen molar-refractivity contribution in [1.82, 2.24) is 15.6 Å². The molecule has 1 aromatic rings. The van der Waals surface area contributed by atoms with Gasteiger partial charge in [0.15, 0.2) is 0 Å². The van der Waals surface area contributed by atoms with Gasteiger partial charge in [-0.05, 0) is 97.6 Å². The van der Waals surface area contributed by atoms with E-state index in [9.17, 15) is 5.11 Å². The van der Waals surface area contributed by atoms with E-state index in [1.54, 1.807) is 11.3 Å². The molecule has 0 bridgehead atoms. The topological polar surface area (TPSA) is 81.9 Å². The molecular formula is C29H41N5OS. The number of hydrogen-bond donors (Lipinski definition) is 3. The van der Waals surface area contributed by atoms with Crippen LogP contribution in [0.2, 0.25) is 0 Å². The zero-order chi connectivity index (χ0) is 26.3. The summed E-state index contributed by atoms with van der Waals surface area (Å²) in [6, 6.07) is 0.223. The van der Waals surface area contributed by atoms with Gasteiger partial charge in [-0.1, -0.05) is 23.8 Å². The standard InChI is InChI=1S/C29H41N5OS/c1-19(2)14-23(15-20(3)4)32-18-31-17-24(28-34-25-10-8-9-11-26(25)36-28)27(30-7)33-22-13-12-21(16-22)29(5,6)35/h8,10,14-15,17,21-22,32-33,35H,1,7,9,11-13,16,18H2,2-6H3/b23-14+,27-24-,31-17-. The van der Waals surface area contributed by atoms with E-state index >= 15 is 0 Å². The molecule has 2 atom stereocenters. The van der Waals surface area contributed by atoms with Gasteiger partial charge in [-0.15, -0.1) is 11.3 Å². The molecule has 2 unspecified atom stereocenters. The Morgan fingerprint density at radius 3 is 2.67 bits per heavy atom. The summed E-state index contributed by atoms with van der Waals surface area (Å²) in [5, 5.41) is 18.3. The number of nitrogens with zero attached hydrogens (tertiary/aromatic N) is 3. The monoisotopic (exact) mass is 507 g/mol. The van der Waals surface area contributed by atoms with Crippen molar-refractivity contribution in [2.45, 2.75) is 78.4 Å². The maximum atomic E-state index is 10.5. The molecule has 2 aliphatic rings. The summed E-state index contributed by atoms with van der Waals surface area (Å²) in [7, 11) is 0. The summed E-state index contributed by atoms with van der Waals surface area (Å²) in [6.45, 7) is 18.2. The maximum Gasteiger partial charge on any atom is 0.137 e. The van der Waals surface area contributed by atoms with Crippen molar-refractivity contribution in [1.29, 1.82) is 0 Å². The smallest absolute Gasteiger partial charge is 0.137 e. The molecule has 1 saturated carbocycles. The first kappa shape index (κ1) is 27.8. The van der Waals surface area contributed by atoms with Crippen molar-refractivity contribution in [3.8, 4) is 0 Å². The van der Waals surface area contributed by atoms with Gasteiger partial charge in [0.2, 0.25) is 0 Å². The van der Waals surface area contributed by atoms with E-state index in [1.165, 1.54) is 10.5 Å². The molecule has 0 saturated heterocycles. The van der Waals surface area contributed by atoms with Crippen LogP contribution in [0.4, 0.5) is 0 Å². The van der Waals surface area contributed by atoms with Crippen LogP contribution in [-0.4, -0.2) is 41.3 Å². The highest BCUT2D eigenvalue weighted by molar-refractivity contribution is 7.13. The Balaban J connectivity index is 1.86. The van der Waals surface area contributed by atoms with Crippen molar-refractivity contribution in [2.24, 2.45) is 15.9 Å². The van der Waals surface area contributed by atoms with E-state index in [0.717, 1.165) is 59.6 Å². The van der Waals surface area contributed by atoms with Gasteiger partial charge in [0, 0.05) is 22.8 Å². The average molecular weight is 508 g/mol. The molecule has 36 heavy (non-hydrogen) atoms. The van der Waals surface area contributed by atoms with Crippen molar-refractivity contribution in [3.63, 3.8) is 0 Å². The molecule has 3 N–H and O–H groups in total. The number of aliphatic hydroxyl groups is 1. The van der Waals surface area contributed by atoms with Crippen LogP contribution in [-0.2, 0) is 6.42 Å². The molecule has 2 aliphatic carbocycles. The molecule has 0 amide bonds. The number of aliphatic imine (C=N–C) groups is 2. The summed E-state index contributed by atoms with van der Waals surface area (Å²) >= 11 is 1.70. The molecule has 0 radical (unpaired) electrons. The highest BCUT2D eigenvalue weighted by Gasteiger charge is 2.35. The minimum Gasteiger partial charge on any atom is -0.390 e. The fraction of sp³-hybridized carbons (Fsp3) is 0.483. The summed E-state index contributed by atoms with van der Waals surface area (Å²) < 4.78 is 0. The molecule has 194 valence electrons. The van der Waals surface area contributed by atoms with Crippen LogP contribution in [0, 0.1) is 5.92 Å². The molecule has 7 heteroatoms. The molecular weight excluding hydrogens is 466 g/mol. The Hall–Kier alpha value is -2.77. The summed E-state index contributed by atoms with van der Waals surface area (Å²) in [5.74, 6) is 0.950. The van der Waals surface area contributed by atoms with Gasteiger partial charge in [0.1, 0.15) is 17.5 Å². The predicted octanol–water partition coefficient (Wildman–Crippen LogP) is 6.05. The van der Waals surface area contributed by atoms with Gasteiger partial charge in [-0.3, -0.25) is 4.99 Å². The number of rotatable bonds is 11. The van der Waals surface area contributed by atoms with E-state index in [0.29, 0.717) is 12.5 Å². The van der Waals surface area contributed by atoms with Gasteiger partial charge < -0.3 is 15.7 Å². The van der Waals surface area contributed by atoms with Crippen LogP contribution in [0.15, 0.2) is 57.5 Å².